The summed E-state index contributed by atoms with van der Waals surface area (Å²) in [5, 5.41) is 36.8. The lowest BCUT2D eigenvalue weighted by Crippen LogP contribution is -2.29. The summed E-state index contributed by atoms with van der Waals surface area (Å²) in [5.41, 5.74) is 3.92. The summed E-state index contributed by atoms with van der Waals surface area (Å²) in [4.78, 5) is 16.1. The molecule has 2 N–H and O–H groups in total. The molecule has 0 bridgehead atoms. The number of pyridine rings is 1. The van der Waals surface area contributed by atoms with Crippen LogP contribution in [-0.4, -0.2) is 57.3 Å². The number of ether oxygens (including phenoxy) is 1. The second-order valence-corrected chi connectivity index (χ2v) is 9.38. The summed E-state index contributed by atoms with van der Waals surface area (Å²) < 4.78 is 9.44. The highest BCUT2D eigenvalue weighted by Crippen LogP contribution is 2.30. The number of hydrogen-bond acceptors (Lipinski definition) is 8. The number of rotatable bonds is 8. The highest BCUT2D eigenvalue weighted by Gasteiger charge is 2.28. The average molecular weight is 504 g/mol. The zero-order chi connectivity index (χ0) is 25.9. The largest absolute Gasteiger partial charge is 0.489 e. The predicted octanol–water partition coefficient (Wildman–Crippen LogP) is 2.93. The molecular weight excluding hydrogens is 474 g/mol. The summed E-state index contributed by atoms with van der Waals surface area (Å²) >= 11 is 0. The lowest BCUT2D eigenvalue weighted by atomic mass is 9.87. The quantitative estimate of drug-likeness (QED) is 0.371. The van der Waals surface area contributed by atoms with Crippen LogP contribution in [0, 0.1) is 12.8 Å². The normalized spacial score (nSPS) is 18.5. The second-order valence-electron chi connectivity index (χ2n) is 9.38. The van der Waals surface area contributed by atoms with Crippen LogP contribution in [0.15, 0.2) is 48.7 Å². The van der Waals surface area contributed by atoms with Crippen LogP contribution in [0.2, 0.25) is 0 Å². The van der Waals surface area contributed by atoms with E-state index >= 15 is 0 Å². The maximum atomic E-state index is 11.4. The van der Waals surface area contributed by atoms with Gasteiger partial charge >= 0.3 is 5.97 Å². The van der Waals surface area contributed by atoms with E-state index in [9.17, 15) is 15.0 Å². The van der Waals surface area contributed by atoms with Crippen LogP contribution >= 0.6 is 0 Å². The smallest absolute Gasteiger partial charge is 0.306 e. The minimum absolute atomic E-state index is 0.138. The van der Waals surface area contributed by atoms with Gasteiger partial charge in [0.15, 0.2) is 0 Å². The van der Waals surface area contributed by atoms with Crippen LogP contribution in [0.3, 0.4) is 0 Å². The molecule has 1 saturated carbocycles. The number of carbonyl (C=O) groups is 1. The van der Waals surface area contributed by atoms with E-state index in [1.807, 2.05) is 49.4 Å². The van der Waals surface area contributed by atoms with Gasteiger partial charge in [0.05, 0.1) is 41.8 Å². The predicted molar refractivity (Wildman–Crippen MR) is 133 cm³/mol. The van der Waals surface area contributed by atoms with Gasteiger partial charge in [-0.2, -0.15) is 0 Å². The van der Waals surface area contributed by atoms with E-state index in [1.54, 1.807) is 22.6 Å². The van der Waals surface area contributed by atoms with Crippen LogP contribution in [0.4, 0.5) is 0 Å². The van der Waals surface area contributed by atoms with E-state index in [4.69, 9.17) is 9.72 Å². The highest BCUT2D eigenvalue weighted by atomic mass is 16.5. The van der Waals surface area contributed by atoms with E-state index in [-0.39, 0.29) is 12.0 Å². The number of aromatic nitrogens is 7. The monoisotopic (exact) mass is 503 g/mol. The summed E-state index contributed by atoms with van der Waals surface area (Å²) in [5.74, 6) is -0.483. The fraction of sp³-hybridized carbons (Fsp3) is 0.385. The third kappa shape index (κ3) is 5.36. The van der Waals surface area contributed by atoms with Gasteiger partial charge in [0, 0.05) is 7.05 Å². The van der Waals surface area contributed by atoms with Gasteiger partial charge in [-0.15, -0.1) is 10.2 Å². The molecule has 192 valence electrons. The first-order chi connectivity index (χ1) is 17.9. The van der Waals surface area contributed by atoms with Gasteiger partial charge in [-0.3, -0.25) is 4.79 Å². The number of aliphatic hydroxyl groups excluding tert-OH is 1. The van der Waals surface area contributed by atoms with Crippen molar-refractivity contribution in [3.63, 3.8) is 0 Å². The molecule has 3 atom stereocenters. The third-order valence-electron chi connectivity index (χ3n) is 6.76. The first-order valence-corrected chi connectivity index (χ1v) is 12.3. The lowest BCUT2D eigenvalue weighted by Gasteiger charge is -2.27. The SMILES string of the molecule is Cc1nc(-c2nnn(C)c2Cn2cc(C(O)c3ccccc3)nn2)ccc1O[C@H]1CCC[C@H](C(=O)O)C1. The molecule has 1 aromatic carbocycles. The molecule has 1 aliphatic rings. The molecule has 1 aliphatic carbocycles. The maximum absolute atomic E-state index is 11.4. The molecule has 1 unspecified atom stereocenters. The van der Waals surface area contributed by atoms with Crippen molar-refractivity contribution in [3.05, 3.63) is 71.3 Å². The number of carboxylic acid groups (broad SMARTS) is 1. The molecule has 4 aromatic rings. The Kier molecular flexibility index (Phi) is 6.95. The van der Waals surface area contributed by atoms with Crippen LogP contribution in [-0.2, 0) is 18.4 Å². The Balaban J connectivity index is 1.32. The zero-order valence-electron chi connectivity index (χ0n) is 20.7. The van der Waals surface area contributed by atoms with Crippen LogP contribution in [0.25, 0.3) is 11.4 Å². The van der Waals surface area contributed by atoms with Gasteiger partial charge in [0.2, 0.25) is 0 Å². The summed E-state index contributed by atoms with van der Waals surface area (Å²) in [6.07, 6.45) is 3.56. The fourth-order valence-electron chi connectivity index (χ4n) is 4.69. The first kappa shape index (κ1) is 24.6. The molecule has 5 rings (SSSR count). The van der Waals surface area contributed by atoms with Crippen molar-refractivity contribution >= 4 is 5.97 Å². The third-order valence-corrected chi connectivity index (χ3v) is 6.76. The highest BCUT2D eigenvalue weighted by molar-refractivity contribution is 5.70. The van der Waals surface area contributed by atoms with Crippen LogP contribution in [0.1, 0.15) is 54.4 Å². The number of aliphatic hydroxyl groups is 1. The van der Waals surface area contributed by atoms with Gasteiger partial charge in [-0.05, 0) is 50.3 Å². The Bertz CT molecular complexity index is 1380. The number of nitrogens with zero attached hydrogens (tertiary/aromatic N) is 7. The van der Waals surface area contributed by atoms with E-state index in [2.05, 4.69) is 20.6 Å². The molecule has 0 saturated heterocycles. The van der Waals surface area contributed by atoms with Crippen molar-refractivity contribution < 1.29 is 19.7 Å². The Morgan fingerprint density at radius 1 is 1.14 bits per heavy atom. The van der Waals surface area contributed by atoms with Crippen LogP contribution < -0.4 is 4.74 Å². The van der Waals surface area contributed by atoms with Crippen molar-refractivity contribution in [1.29, 1.82) is 0 Å². The number of aliphatic carboxylic acids is 1. The van der Waals surface area contributed by atoms with E-state index in [0.29, 0.717) is 47.9 Å². The van der Waals surface area contributed by atoms with Gasteiger partial charge in [0.25, 0.3) is 0 Å². The van der Waals surface area contributed by atoms with Crippen molar-refractivity contribution in [2.45, 2.75) is 51.4 Å². The van der Waals surface area contributed by atoms with E-state index < -0.39 is 12.1 Å². The standard InChI is InChI=1S/C26H29N7O4/c1-16-23(37-19-10-6-9-18(13-19)26(35)36)12-11-20(27-16)24-22(32(2)30-29-24)15-33-14-21(28-31-33)25(34)17-7-4-3-5-8-17/h3-5,7-8,11-12,14,18-19,25,34H,6,9-10,13,15H2,1-2H3,(H,35,36)/t18-,19-,25?/m0/s1. The Morgan fingerprint density at radius 3 is 2.70 bits per heavy atom. The molecule has 11 nitrogen and oxygen atoms in total. The van der Waals surface area contributed by atoms with Crippen molar-refractivity contribution in [2.75, 3.05) is 0 Å². The number of carboxylic acids is 1. The van der Waals surface area contributed by atoms with Crippen molar-refractivity contribution in [1.82, 2.24) is 35.0 Å². The molecule has 3 aromatic heterocycles. The Hall–Kier alpha value is -4.12. The van der Waals surface area contributed by atoms with Gasteiger partial charge in [0.1, 0.15) is 23.2 Å². The van der Waals surface area contributed by atoms with E-state index in [1.165, 1.54) is 0 Å². The van der Waals surface area contributed by atoms with Crippen molar-refractivity contribution in [2.24, 2.45) is 13.0 Å². The Labute approximate surface area is 213 Å². The molecule has 3 heterocycles. The minimum atomic E-state index is -0.870. The molecule has 0 spiro atoms. The maximum Gasteiger partial charge on any atom is 0.306 e. The van der Waals surface area contributed by atoms with Crippen LogP contribution in [0.5, 0.6) is 5.75 Å². The van der Waals surface area contributed by atoms with Gasteiger partial charge in [-0.25, -0.2) is 14.3 Å². The zero-order valence-corrected chi connectivity index (χ0v) is 20.7. The summed E-state index contributed by atoms with van der Waals surface area (Å²) in [6, 6.07) is 13.0. The fourth-order valence-corrected chi connectivity index (χ4v) is 4.69. The number of aryl methyl sites for hydroxylation is 2. The van der Waals surface area contributed by atoms with Gasteiger partial charge < -0.3 is 14.9 Å². The minimum Gasteiger partial charge on any atom is -0.489 e. The molecular formula is C26H29N7O4. The molecule has 0 amide bonds. The lowest BCUT2D eigenvalue weighted by molar-refractivity contribution is -0.143. The molecule has 37 heavy (non-hydrogen) atoms. The second kappa shape index (κ2) is 10.5. The summed E-state index contributed by atoms with van der Waals surface area (Å²) in [6.45, 7) is 2.20. The molecule has 11 heteroatoms. The van der Waals surface area contributed by atoms with E-state index in [0.717, 1.165) is 24.1 Å². The first-order valence-electron chi connectivity index (χ1n) is 12.3. The number of hydrogen-bond donors (Lipinski definition) is 2. The summed E-state index contributed by atoms with van der Waals surface area (Å²) in [7, 11) is 1.80. The molecule has 0 radical (unpaired) electrons. The van der Waals surface area contributed by atoms with Gasteiger partial charge in [-0.1, -0.05) is 40.8 Å². The Morgan fingerprint density at radius 2 is 1.95 bits per heavy atom. The van der Waals surface area contributed by atoms with Crippen molar-refractivity contribution in [3.8, 4) is 17.1 Å². The number of benzene rings is 1. The average Bonchev–Trinajstić information content (AvgIpc) is 3.52. The topological polar surface area (TPSA) is 141 Å². The molecule has 1 fully saturated rings. The molecule has 0 aliphatic heterocycles.